The maximum Gasteiger partial charge on any atom is 0.251 e. The Balaban J connectivity index is 3.17. The molecule has 0 heterocycles. The lowest BCUT2D eigenvalue weighted by molar-refractivity contribution is 0.0731. The smallest absolute Gasteiger partial charge is 0.209 e. The summed E-state index contributed by atoms with van der Waals surface area (Å²) in [6.07, 6.45) is -0.696. The zero-order chi connectivity index (χ0) is 10.6. The third-order valence-corrected chi connectivity index (χ3v) is 2.65. The zero-order valence-corrected chi connectivity index (χ0v) is 8.21. The Morgan fingerprint density at radius 3 is 2.29 bits per heavy atom. The molecule has 0 aliphatic rings. The fraction of sp³-hybridized carbons (Fsp3) is 0.333. The molecule has 1 aromatic carbocycles. The van der Waals surface area contributed by atoms with E-state index in [1.165, 1.54) is 6.08 Å². The van der Waals surface area contributed by atoms with Crippen LogP contribution < -0.4 is 0 Å². The van der Waals surface area contributed by atoms with Crippen LogP contribution in [0.5, 0.6) is 0 Å². The Kier molecular flexibility index (Phi) is 3.39. The number of alkyl halides is 2. The standard InChI is InChI=1S/C12H14F2/c1-3-12(4-2,11(13)14)10-8-6-5-7-9-10/h3,5-9,11H,1,4H2,2H3/t12-/m0/s1. The average molecular weight is 196 g/mol. The highest BCUT2D eigenvalue weighted by molar-refractivity contribution is 5.31. The molecule has 0 N–H and O–H groups in total. The first kappa shape index (κ1) is 10.9. The van der Waals surface area contributed by atoms with Crippen molar-refractivity contribution >= 4 is 0 Å². The van der Waals surface area contributed by atoms with E-state index in [-0.39, 0.29) is 0 Å². The first-order valence-electron chi connectivity index (χ1n) is 4.64. The molecule has 0 saturated carbocycles. The van der Waals surface area contributed by atoms with Crippen molar-refractivity contribution in [3.05, 3.63) is 48.6 Å². The molecule has 1 aromatic rings. The van der Waals surface area contributed by atoms with Crippen LogP contribution in [0.1, 0.15) is 18.9 Å². The van der Waals surface area contributed by atoms with Crippen molar-refractivity contribution in [1.82, 2.24) is 0 Å². The van der Waals surface area contributed by atoms with Crippen molar-refractivity contribution in [3.63, 3.8) is 0 Å². The molecule has 1 rings (SSSR count). The van der Waals surface area contributed by atoms with Gasteiger partial charge in [0.15, 0.2) is 0 Å². The minimum absolute atomic E-state index is 0.359. The topological polar surface area (TPSA) is 0 Å². The predicted molar refractivity (Wildman–Crippen MR) is 54.6 cm³/mol. The SMILES string of the molecule is C=C[C@](CC)(c1ccccc1)C(F)F. The van der Waals surface area contributed by atoms with E-state index >= 15 is 0 Å². The summed E-state index contributed by atoms with van der Waals surface area (Å²) in [6.45, 7) is 5.27. The molecule has 0 bridgehead atoms. The molecule has 0 amide bonds. The molecule has 0 unspecified atom stereocenters. The fourth-order valence-electron chi connectivity index (χ4n) is 1.58. The fourth-order valence-corrected chi connectivity index (χ4v) is 1.58. The average Bonchev–Trinajstić information content (AvgIpc) is 2.22. The van der Waals surface area contributed by atoms with Crippen molar-refractivity contribution < 1.29 is 8.78 Å². The minimum Gasteiger partial charge on any atom is -0.209 e. The van der Waals surface area contributed by atoms with Gasteiger partial charge in [0, 0.05) is 0 Å². The first-order chi connectivity index (χ1) is 6.67. The Morgan fingerprint density at radius 1 is 1.36 bits per heavy atom. The molecule has 76 valence electrons. The summed E-state index contributed by atoms with van der Waals surface area (Å²) in [7, 11) is 0. The minimum atomic E-state index is -2.41. The lowest BCUT2D eigenvalue weighted by Gasteiger charge is -2.28. The Labute approximate surface area is 83.3 Å². The number of hydrogen-bond acceptors (Lipinski definition) is 0. The van der Waals surface area contributed by atoms with Crippen LogP contribution >= 0.6 is 0 Å². The Bertz CT molecular complexity index is 292. The second-order valence-electron chi connectivity index (χ2n) is 3.26. The van der Waals surface area contributed by atoms with Crippen LogP contribution in [-0.4, -0.2) is 6.43 Å². The van der Waals surface area contributed by atoms with E-state index in [2.05, 4.69) is 6.58 Å². The maximum absolute atomic E-state index is 13.0. The van der Waals surface area contributed by atoms with Crippen molar-refractivity contribution in [2.24, 2.45) is 0 Å². The Hall–Kier alpha value is -1.18. The molecule has 0 nitrogen and oxygen atoms in total. The third-order valence-electron chi connectivity index (χ3n) is 2.65. The van der Waals surface area contributed by atoms with Gasteiger partial charge in [-0.1, -0.05) is 43.3 Å². The number of benzene rings is 1. The molecule has 2 heteroatoms. The lowest BCUT2D eigenvalue weighted by atomic mass is 9.78. The van der Waals surface area contributed by atoms with E-state index in [1.807, 2.05) is 6.07 Å². The molecule has 14 heavy (non-hydrogen) atoms. The van der Waals surface area contributed by atoms with Gasteiger partial charge in [0.2, 0.25) is 0 Å². The van der Waals surface area contributed by atoms with Gasteiger partial charge in [-0.25, -0.2) is 8.78 Å². The third kappa shape index (κ3) is 1.69. The first-order valence-corrected chi connectivity index (χ1v) is 4.64. The van der Waals surface area contributed by atoms with Crippen molar-refractivity contribution in [1.29, 1.82) is 0 Å². The van der Waals surface area contributed by atoms with E-state index < -0.39 is 11.8 Å². The normalized spacial score (nSPS) is 15.1. The molecule has 0 radical (unpaired) electrons. The zero-order valence-electron chi connectivity index (χ0n) is 8.21. The highest BCUT2D eigenvalue weighted by atomic mass is 19.3. The molecule has 0 aliphatic carbocycles. The Morgan fingerprint density at radius 2 is 1.93 bits per heavy atom. The highest BCUT2D eigenvalue weighted by Gasteiger charge is 2.36. The van der Waals surface area contributed by atoms with Crippen LogP contribution in [0.4, 0.5) is 8.78 Å². The molecule has 0 aliphatic heterocycles. The van der Waals surface area contributed by atoms with Gasteiger partial charge >= 0.3 is 0 Å². The summed E-state index contributed by atoms with van der Waals surface area (Å²) in [4.78, 5) is 0. The van der Waals surface area contributed by atoms with E-state index in [9.17, 15) is 8.78 Å². The second-order valence-corrected chi connectivity index (χ2v) is 3.26. The van der Waals surface area contributed by atoms with Crippen molar-refractivity contribution in [2.75, 3.05) is 0 Å². The quantitative estimate of drug-likeness (QED) is 0.643. The summed E-state index contributed by atoms with van der Waals surface area (Å²) in [5.74, 6) is 0. The highest BCUT2D eigenvalue weighted by Crippen LogP contribution is 2.35. The van der Waals surface area contributed by atoms with Crippen LogP contribution in [0.15, 0.2) is 43.0 Å². The van der Waals surface area contributed by atoms with Crippen LogP contribution in [0, 0.1) is 0 Å². The summed E-state index contributed by atoms with van der Waals surface area (Å²) >= 11 is 0. The van der Waals surface area contributed by atoms with Gasteiger partial charge in [0.1, 0.15) is 0 Å². The molecule has 0 spiro atoms. The summed E-state index contributed by atoms with van der Waals surface area (Å²) < 4.78 is 25.9. The van der Waals surface area contributed by atoms with Crippen LogP contribution in [0.3, 0.4) is 0 Å². The van der Waals surface area contributed by atoms with E-state index in [1.54, 1.807) is 31.2 Å². The van der Waals surface area contributed by atoms with Crippen LogP contribution in [0.25, 0.3) is 0 Å². The molecule has 0 fully saturated rings. The van der Waals surface area contributed by atoms with Gasteiger partial charge in [-0.05, 0) is 12.0 Å². The van der Waals surface area contributed by atoms with Gasteiger partial charge in [0.05, 0.1) is 5.41 Å². The van der Waals surface area contributed by atoms with E-state index in [4.69, 9.17) is 0 Å². The largest absolute Gasteiger partial charge is 0.251 e. The molecular formula is C12H14F2. The number of hydrogen-bond donors (Lipinski definition) is 0. The number of halogens is 2. The van der Waals surface area contributed by atoms with Gasteiger partial charge in [-0.2, -0.15) is 0 Å². The van der Waals surface area contributed by atoms with Gasteiger partial charge in [-0.3, -0.25) is 0 Å². The van der Waals surface area contributed by atoms with E-state index in [0.717, 1.165) is 0 Å². The maximum atomic E-state index is 13.0. The summed E-state index contributed by atoms with van der Waals surface area (Å²) in [6, 6.07) is 8.80. The predicted octanol–water partition coefficient (Wildman–Crippen LogP) is 3.79. The number of rotatable bonds is 4. The molecule has 1 atom stereocenters. The van der Waals surface area contributed by atoms with Crippen LogP contribution in [-0.2, 0) is 5.41 Å². The second kappa shape index (κ2) is 4.36. The van der Waals surface area contributed by atoms with E-state index in [0.29, 0.717) is 12.0 Å². The molecule has 0 saturated heterocycles. The summed E-state index contributed by atoms with van der Waals surface area (Å²) in [5, 5.41) is 0. The van der Waals surface area contributed by atoms with Crippen molar-refractivity contribution in [3.8, 4) is 0 Å². The van der Waals surface area contributed by atoms with Gasteiger partial charge in [-0.15, -0.1) is 6.58 Å². The molecular weight excluding hydrogens is 182 g/mol. The monoisotopic (exact) mass is 196 g/mol. The lowest BCUT2D eigenvalue weighted by Crippen LogP contribution is -2.31. The van der Waals surface area contributed by atoms with Gasteiger partial charge in [0.25, 0.3) is 6.43 Å². The molecule has 0 aromatic heterocycles. The van der Waals surface area contributed by atoms with Gasteiger partial charge < -0.3 is 0 Å². The van der Waals surface area contributed by atoms with Crippen LogP contribution in [0.2, 0.25) is 0 Å². The summed E-state index contributed by atoms with van der Waals surface area (Å²) in [5.41, 5.74) is -0.561. The van der Waals surface area contributed by atoms with Crippen molar-refractivity contribution in [2.45, 2.75) is 25.2 Å². The number of allylic oxidation sites excluding steroid dienone is 1.